The van der Waals surface area contributed by atoms with Gasteiger partial charge in [0.15, 0.2) is 5.69 Å². The van der Waals surface area contributed by atoms with Gasteiger partial charge >= 0.3 is 0 Å². The van der Waals surface area contributed by atoms with Crippen LogP contribution in [0, 0.1) is 16.2 Å². The monoisotopic (exact) mass is 251 g/mol. The van der Waals surface area contributed by atoms with Gasteiger partial charge in [-0.1, -0.05) is 19.1 Å². The number of nitrogens with zero attached hydrogens (tertiary/aromatic N) is 1. The van der Waals surface area contributed by atoms with Crippen molar-refractivity contribution in [2.75, 3.05) is 0 Å². The molecule has 0 unspecified atom stereocenters. The summed E-state index contributed by atoms with van der Waals surface area (Å²) >= 11 is 0. The molecule has 0 aliphatic rings. The Morgan fingerprint density at radius 1 is 1.62 bits per heavy atom. The summed E-state index contributed by atoms with van der Waals surface area (Å²) in [4.78, 5) is 9.85. The van der Waals surface area contributed by atoms with Crippen LogP contribution in [0.15, 0.2) is 24.8 Å². The third-order valence-corrected chi connectivity index (χ3v) is 1.44. The molecule has 0 aliphatic carbocycles. The third-order valence-electron chi connectivity index (χ3n) is 1.44. The van der Waals surface area contributed by atoms with Gasteiger partial charge in [0.2, 0.25) is 0 Å². The van der Waals surface area contributed by atoms with Gasteiger partial charge < -0.3 is 0 Å². The van der Waals surface area contributed by atoms with Gasteiger partial charge in [0, 0.05) is 37.6 Å². The Kier molecular flexibility index (Phi) is 5.03. The van der Waals surface area contributed by atoms with Crippen molar-refractivity contribution in [1.29, 1.82) is 0 Å². The van der Waals surface area contributed by atoms with E-state index in [1.54, 1.807) is 19.1 Å². The molecule has 0 heterocycles. The van der Waals surface area contributed by atoms with E-state index in [9.17, 15) is 10.1 Å². The fraction of sp³-hybridized carbons (Fsp3) is 0.111. The molecular weight excluding hydrogens is 243 g/mol. The first-order valence-corrected chi connectivity index (χ1v) is 3.44. The Bertz CT molecular complexity index is 307. The van der Waals surface area contributed by atoms with E-state index in [2.05, 4.69) is 12.6 Å². The van der Waals surface area contributed by atoms with Gasteiger partial charge in [-0.05, 0) is 0 Å². The van der Waals surface area contributed by atoms with Crippen molar-refractivity contribution < 1.29 is 37.6 Å². The minimum Gasteiger partial charge on any atom is -0.260 e. The standard InChI is InChI=1S/C9H8NO2.Y/c1-7(2)8-4-3-5-9(6-8)10(11)12;/h3-5H,1H2,2H3;/q-1;. The minimum atomic E-state index is -0.466. The van der Waals surface area contributed by atoms with Crippen LogP contribution >= 0.6 is 0 Å². The summed E-state index contributed by atoms with van der Waals surface area (Å²) in [6.45, 7) is 5.46. The zero-order chi connectivity index (χ0) is 9.14. The van der Waals surface area contributed by atoms with Crippen LogP contribution in [0.3, 0.4) is 0 Å². The van der Waals surface area contributed by atoms with Crippen LogP contribution in [0.2, 0.25) is 0 Å². The Morgan fingerprint density at radius 2 is 2.23 bits per heavy atom. The third kappa shape index (κ3) is 3.37. The van der Waals surface area contributed by atoms with Crippen molar-refractivity contribution in [3.8, 4) is 0 Å². The van der Waals surface area contributed by atoms with E-state index in [1.807, 2.05) is 0 Å². The Balaban J connectivity index is 0.00000144. The van der Waals surface area contributed by atoms with E-state index in [1.165, 1.54) is 6.07 Å². The second kappa shape index (κ2) is 5.25. The number of hydrogen-bond acceptors (Lipinski definition) is 2. The zero-order valence-corrected chi connectivity index (χ0v) is 10.1. The summed E-state index contributed by atoms with van der Waals surface area (Å²) in [7, 11) is 0. The van der Waals surface area contributed by atoms with E-state index < -0.39 is 4.92 Å². The van der Waals surface area contributed by atoms with Crippen LogP contribution in [-0.2, 0) is 32.7 Å². The van der Waals surface area contributed by atoms with E-state index in [4.69, 9.17) is 0 Å². The SMILES string of the molecule is C=C(C)c1[c-]c([N+](=O)[O-])ccc1.[Y]. The Morgan fingerprint density at radius 3 is 2.69 bits per heavy atom. The molecule has 1 radical (unpaired) electrons. The van der Waals surface area contributed by atoms with Crippen LogP contribution in [0.25, 0.3) is 5.57 Å². The van der Waals surface area contributed by atoms with Crippen LogP contribution < -0.4 is 0 Å². The van der Waals surface area contributed by atoms with Crippen molar-refractivity contribution >= 4 is 11.3 Å². The first kappa shape index (κ1) is 12.5. The number of allylic oxidation sites excluding steroid dienone is 1. The molecule has 0 spiro atoms. The molecule has 0 aromatic heterocycles. The van der Waals surface area contributed by atoms with Crippen molar-refractivity contribution in [1.82, 2.24) is 0 Å². The maximum absolute atomic E-state index is 10.3. The van der Waals surface area contributed by atoms with Crippen LogP contribution in [0.4, 0.5) is 5.69 Å². The first-order valence-electron chi connectivity index (χ1n) is 3.44. The molecule has 3 nitrogen and oxygen atoms in total. The second-order valence-electron chi connectivity index (χ2n) is 2.49. The summed E-state index contributed by atoms with van der Waals surface area (Å²) in [6, 6.07) is 7.42. The summed E-state index contributed by atoms with van der Waals surface area (Å²) in [5.41, 5.74) is 1.44. The number of hydrogen-bond donors (Lipinski definition) is 0. The predicted molar refractivity (Wildman–Crippen MR) is 46.6 cm³/mol. The van der Waals surface area contributed by atoms with Gasteiger partial charge in [-0.25, -0.2) is 0 Å². The molecule has 13 heavy (non-hydrogen) atoms. The quantitative estimate of drug-likeness (QED) is 0.460. The predicted octanol–water partition coefficient (Wildman–Crippen LogP) is 2.43. The molecule has 1 aromatic rings. The molecule has 0 aliphatic heterocycles. The molecule has 0 fully saturated rings. The molecule has 1 aromatic carbocycles. The van der Waals surface area contributed by atoms with Gasteiger partial charge in [0.25, 0.3) is 0 Å². The Hall–Kier alpha value is -0.536. The smallest absolute Gasteiger partial charge is 0.190 e. The first-order chi connectivity index (χ1) is 5.61. The van der Waals surface area contributed by atoms with Crippen molar-refractivity contribution in [3.05, 3.63) is 46.5 Å². The summed E-state index contributed by atoms with van der Waals surface area (Å²) in [5.74, 6) is 0. The molecule has 4 heteroatoms. The van der Waals surface area contributed by atoms with Gasteiger partial charge in [-0.15, -0.1) is 29.8 Å². The Labute approximate surface area is 102 Å². The topological polar surface area (TPSA) is 43.1 Å². The second-order valence-corrected chi connectivity index (χ2v) is 2.49. The fourth-order valence-corrected chi connectivity index (χ4v) is 0.812. The van der Waals surface area contributed by atoms with Gasteiger partial charge in [0.05, 0.1) is 0 Å². The van der Waals surface area contributed by atoms with Crippen molar-refractivity contribution in [3.63, 3.8) is 0 Å². The largest absolute Gasteiger partial charge is 0.260 e. The van der Waals surface area contributed by atoms with Crippen LogP contribution in [-0.4, -0.2) is 4.92 Å². The van der Waals surface area contributed by atoms with Gasteiger partial charge in [0.1, 0.15) is 0 Å². The molecule has 0 bridgehead atoms. The summed E-state index contributed by atoms with van der Waals surface area (Å²) in [6.07, 6.45) is 0. The molecule has 0 amide bonds. The molecule has 1 rings (SSSR count). The number of nitro benzene ring substituents is 1. The molecule has 0 saturated heterocycles. The minimum absolute atomic E-state index is 0. The summed E-state index contributed by atoms with van der Waals surface area (Å²) in [5, 5.41) is 10.3. The summed E-state index contributed by atoms with van der Waals surface area (Å²) < 4.78 is 0. The van der Waals surface area contributed by atoms with Crippen molar-refractivity contribution in [2.24, 2.45) is 0 Å². The van der Waals surface area contributed by atoms with E-state index >= 15 is 0 Å². The number of benzene rings is 1. The van der Waals surface area contributed by atoms with E-state index in [-0.39, 0.29) is 38.4 Å². The molecule has 0 N–H and O–H groups in total. The zero-order valence-electron chi connectivity index (χ0n) is 7.28. The van der Waals surface area contributed by atoms with Gasteiger partial charge in [-0.2, -0.15) is 0 Å². The molecule has 0 atom stereocenters. The van der Waals surface area contributed by atoms with E-state index in [0.717, 1.165) is 5.57 Å². The van der Waals surface area contributed by atoms with Crippen molar-refractivity contribution in [2.45, 2.75) is 6.92 Å². The maximum Gasteiger partial charge on any atom is 0.190 e. The van der Waals surface area contributed by atoms with Crippen LogP contribution in [0.1, 0.15) is 12.5 Å². The molecule has 65 valence electrons. The normalized spacial score (nSPS) is 8.69. The van der Waals surface area contributed by atoms with E-state index in [0.29, 0.717) is 5.56 Å². The maximum atomic E-state index is 10.3. The number of non-ortho nitro benzene ring substituents is 1. The fourth-order valence-electron chi connectivity index (χ4n) is 0.812. The number of rotatable bonds is 2. The molecular formula is C9H8NO2Y-. The average Bonchev–Trinajstić information content (AvgIpc) is 2.04. The van der Waals surface area contributed by atoms with Crippen LogP contribution in [0.5, 0.6) is 0 Å². The molecule has 0 saturated carbocycles. The van der Waals surface area contributed by atoms with Gasteiger partial charge in [-0.3, -0.25) is 10.1 Å². The average molecular weight is 251 g/mol. The number of nitro groups is 1.